The predicted molar refractivity (Wildman–Crippen MR) is 67.5 cm³/mol. The van der Waals surface area contributed by atoms with Crippen LogP contribution in [-0.2, 0) is 21.3 Å². The van der Waals surface area contributed by atoms with Gasteiger partial charge in [-0.15, -0.1) is 11.3 Å². The number of nitrogens with zero attached hydrogens (tertiary/aromatic N) is 1. The van der Waals surface area contributed by atoms with Gasteiger partial charge in [-0.2, -0.15) is 0 Å². The van der Waals surface area contributed by atoms with E-state index in [-0.39, 0.29) is 11.8 Å². The molecule has 4 nitrogen and oxygen atoms in total. The summed E-state index contributed by atoms with van der Waals surface area (Å²) in [5, 5.41) is 11.6. The molecular formula is C11H15NO3S2. The van der Waals surface area contributed by atoms with Crippen molar-refractivity contribution >= 4 is 28.1 Å². The second-order valence-electron chi connectivity index (χ2n) is 4.68. The van der Waals surface area contributed by atoms with Gasteiger partial charge in [0.2, 0.25) is 0 Å². The van der Waals surface area contributed by atoms with E-state index in [2.05, 4.69) is 4.98 Å². The highest BCUT2D eigenvalue weighted by atomic mass is 32.2. The van der Waals surface area contributed by atoms with Gasteiger partial charge in [-0.25, -0.2) is 4.98 Å². The van der Waals surface area contributed by atoms with Crippen molar-refractivity contribution < 1.29 is 14.1 Å². The Morgan fingerprint density at radius 2 is 2.35 bits per heavy atom. The largest absolute Gasteiger partial charge is 0.481 e. The van der Waals surface area contributed by atoms with Crippen LogP contribution in [0.3, 0.4) is 0 Å². The Bertz CT molecular complexity index is 451. The van der Waals surface area contributed by atoms with Crippen LogP contribution in [-0.4, -0.2) is 26.0 Å². The van der Waals surface area contributed by atoms with E-state index in [1.807, 2.05) is 12.3 Å². The maximum Gasteiger partial charge on any atom is 0.303 e. The fraction of sp³-hybridized carbons (Fsp3) is 0.636. The summed E-state index contributed by atoms with van der Waals surface area (Å²) in [6.07, 6.45) is 1.93. The monoisotopic (exact) mass is 273 g/mol. The van der Waals surface area contributed by atoms with Gasteiger partial charge in [0.25, 0.3) is 0 Å². The standard InChI is InChI=1S/C11H15NO3S2/c1-8-5-16-9(12-8)6-17(15)7-11(2-3-11)4-10(13)14/h5H,2-4,6-7H2,1H3,(H,13,14). The Morgan fingerprint density at radius 3 is 2.82 bits per heavy atom. The van der Waals surface area contributed by atoms with Crippen molar-refractivity contribution in [3.05, 3.63) is 16.1 Å². The number of aromatic nitrogens is 1. The molecule has 2 rings (SSSR count). The summed E-state index contributed by atoms with van der Waals surface area (Å²) < 4.78 is 11.9. The van der Waals surface area contributed by atoms with Gasteiger partial charge in [0.15, 0.2) is 0 Å². The summed E-state index contributed by atoms with van der Waals surface area (Å²) in [5.41, 5.74) is 0.761. The van der Waals surface area contributed by atoms with E-state index in [0.717, 1.165) is 23.5 Å². The van der Waals surface area contributed by atoms with Crippen molar-refractivity contribution in [2.75, 3.05) is 5.75 Å². The average molecular weight is 273 g/mol. The highest BCUT2D eigenvalue weighted by molar-refractivity contribution is 7.84. The van der Waals surface area contributed by atoms with E-state index in [0.29, 0.717) is 11.5 Å². The summed E-state index contributed by atoms with van der Waals surface area (Å²) in [6, 6.07) is 0. The van der Waals surface area contributed by atoms with E-state index in [1.54, 1.807) is 0 Å². The number of carboxylic acids is 1. The molecule has 1 N–H and O–H groups in total. The lowest BCUT2D eigenvalue weighted by Gasteiger charge is -2.10. The van der Waals surface area contributed by atoms with Crippen LogP contribution in [0.15, 0.2) is 5.38 Å². The molecule has 6 heteroatoms. The molecule has 1 unspecified atom stereocenters. The first-order valence-corrected chi connectivity index (χ1v) is 7.84. The molecular weight excluding hydrogens is 258 g/mol. The van der Waals surface area contributed by atoms with Crippen molar-refractivity contribution in [2.45, 2.75) is 31.9 Å². The third-order valence-electron chi connectivity index (χ3n) is 2.90. The Kier molecular flexibility index (Phi) is 3.63. The van der Waals surface area contributed by atoms with Crippen LogP contribution in [0.5, 0.6) is 0 Å². The quantitative estimate of drug-likeness (QED) is 0.860. The fourth-order valence-electron chi connectivity index (χ4n) is 1.87. The number of thiazole rings is 1. The second-order valence-corrected chi connectivity index (χ2v) is 7.08. The van der Waals surface area contributed by atoms with Crippen LogP contribution in [0, 0.1) is 12.3 Å². The smallest absolute Gasteiger partial charge is 0.303 e. The molecule has 17 heavy (non-hydrogen) atoms. The zero-order chi connectivity index (χ0) is 12.5. The van der Waals surface area contributed by atoms with E-state index >= 15 is 0 Å². The first-order chi connectivity index (χ1) is 7.99. The average Bonchev–Trinajstić information content (AvgIpc) is 2.80. The molecule has 0 spiro atoms. The molecule has 1 atom stereocenters. The lowest BCUT2D eigenvalue weighted by molar-refractivity contribution is -0.138. The first-order valence-electron chi connectivity index (χ1n) is 5.47. The van der Waals surface area contributed by atoms with Crippen molar-refractivity contribution in [1.29, 1.82) is 0 Å². The summed E-state index contributed by atoms with van der Waals surface area (Å²) in [6.45, 7) is 1.91. The molecule has 1 aromatic heterocycles. The molecule has 0 aliphatic heterocycles. The molecule has 1 aliphatic carbocycles. The van der Waals surface area contributed by atoms with E-state index in [9.17, 15) is 9.00 Å². The number of aryl methyl sites for hydroxylation is 1. The topological polar surface area (TPSA) is 67.3 Å². The molecule has 0 aromatic carbocycles. The first kappa shape index (κ1) is 12.7. The number of carboxylic acid groups (broad SMARTS) is 1. The van der Waals surface area contributed by atoms with Gasteiger partial charge < -0.3 is 5.11 Å². The molecule has 0 radical (unpaired) electrons. The number of carbonyl (C=O) groups is 1. The van der Waals surface area contributed by atoms with Crippen LogP contribution in [0.4, 0.5) is 0 Å². The van der Waals surface area contributed by atoms with Crippen molar-refractivity contribution in [3.63, 3.8) is 0 Å². The van der Waals surface area contributed by atoms with Crippen LogP contribution in [0.1, 0.15) is 30.0 Å². The van der Waals surface area contributed by atoms with Crippen molar-refractivity contribution in [3.8, 4) is 0 Å². The second kappa shape index (κ2) is 4.86. The summed E-state index contributed by atoms with van der Waals surface area (Å²) in [7, 11) is -0.996. The van der Waals surface area contributed by atoms with E-state index < -0.39 is 16.8 Å². The molecule has 1 fully saturated rings. The maximum absolute atomic E-state index is 11.9. The molecule has 0 bridgehead atoms. The Labute approximate surface area is 107 Å². The minimum Gasteiger partial charge on any atom is -0.481 e. The normalized spacial score (nSPS) is 18.9. The molecule has 1 saturated carbocycles. The minimum absolute atomic E-state index is 0.148. The third kappa shape index (κ3) is 3.61. The summed E-state index contributed by atoms with van der Waals surface area (Å²) in [4.78, 5) is 15.0. The van der Waals surface area contributed by atoms with Gasteiger partial charge in [0, 0.05) is 27.6 Å². The molecule has 94 valence electrons. The number of rotatable bonds is 6. The zero-order valence-corrected chi connectivity index (χ0v) is 11.3. The minimum atomic E-state index is -0.996. The summed E-state index contributed by atoms with van der Waals surface area (Å²) >= 11 is 1.52. The van der Waals surface area contributed by atoms with Crippen molar-refractivity contribution in [2.24, 2.45) is 5.41 Å². The SMILES string of the molecule is Cc1csc(CS(=O)CC2(CC(=O)O)CC2)n1. The van der Waals surface area contributed by atoms with Gasteiger partial charge in [0.1, 0.15) is 5.01 Å². The number of aliphatic carboxylic acids is 1. The molecule has 1 aromatic rings. The number of hydrogen-bond acceptors (Lipinski definition) is 4. The lowest BCUT2D eigenvalue weighted by Crippen LogP contribution is -2.17. The molecule has 0 amide bonds. The van der Waals surface area contributed by atoms with Gasteiger partial charge >= 0.3 is 5.97 Å². The van der Waals surface area contributed by atoms with Gasteiger partial charge in [-0.1, -0.05) is 0 Å². The van der Waals surface area contributed by atoms with Crippen molar-refractivity contribution in [1.82, 2.24) is 4.98 Å². The molecule has 0 saturated heterocycles. The van der Waals surface area contributed by atoms with Gasteiger partial charge in [-0.05, 0) is 25.2 Å². The third-order valence-corrected chi connectivity index (χ3v) is 5.58. The van der Waals surface area contributed by atoms with E-state index in [1.165, 1.54) is 11.3 Å². The highest BCUT2D eigenvalue weighted by Crippen LogP contribution is 2.49. The Balaban J connectivity index is 1.87. The van der Waals surface area contributed by atoms with Crippen LogP contribution in [0.25, 0.3) is 0 Å². The molecule has 1 aliphatic rings. The number of hydrogen-bond donors (Lipinski definition) is 1. The Hall–Kier alpha value is -0.750. The molecule has 1 heterocycles. The highest BCUT2D eigenvalue weighted by Gasteiger charge is 2.45. The van der Waals surface area contributed by atoms with E-state index in [4.69, 9.17) is 5.11 Å². The van der Waals surface area contributed by atoms with Crippen LogP contribution >= 0.6 is 11.3 Å². The lowest BCUT2D eigenvalue weighted by atomic mass is 10.1. The van der Waals surface area contributed by atoms with Crippen LogP contribution < -0.4 is 0 Å². The Morgan fingerprint density at radius 1 is 1.65 bits per heavy atom. The maximum atomic E-state index is 11.9. The van der Waals surface area contributed by atoms with Gasteiger partial charge in [-0.3, -0.25) is 9.00 Å². The summed E-state index contributed by atoms with van der Waals surface area (Å²) in [5.74, 6) is 0.169. The fourth-order valence-corrected chi connectivity index (χ4v) is 4.61. The van der Waals surface area contributed by atoms with Crippen LogP contribution in [0.2, 0.25) is 0 Å². The van der Waals surface area contributed by atoms with Gasteiger partial charge in [0.05, 0.1) is 12.2 Å². The zero-order valence-electron chi connectivity index (χ0n) is 9.64. The predicted octanol–water partition coefficient (Wildman–Crippen LogP) is 1.96.